The molecule has 0 spiro atoms. The van der Waals surface area contributed by atoms with Gasteiger partial charge in [0.15, 0.2) is 5.82 Å². The van der Waals surface area contributed by atoms with Gasteiger partial charge in [-0.3, -0.25) is 0 Å². The maximum atomic E-state index is 6.12. The molecule has 0 bridgehead atoms. The Labute approximate surface area is 110 Å². The van der Waals surface area contributed by atoms with E-state index >= 15 is 0 Å². The Morgan fingerprint density at radius 2 is 2.44 bits per heavy atom. The molecule has 1 aliphatic carbocycles. The second kappa shape index (κ2) is 4.53. The maximum absolute atomic E-state index is 6.12. The summed E-state index contributed by atoms with van der Waals surface area (Å²) in [5, 5.41) is 3.68. The van der Waals surface area contributed by atoms with Gasteiger partial charge >= 0.3 is 6.01 Å². The van der Waals surface area contributed by atoms with E-state index in [1.807, 2.05) is 0 Å². The van der Waals surface area contributed by atoms with Crippen molar-refractivity contribution < 1.29 is 9.47 Å². The summed E-state index contributed by atoms with van der Waals surface area (Å²) in [6.45, 7) is 0.780. The van der Waals surface area contributed by atoms with Crippen LogP contribution in [0.25, 0.3) is 0 Å². The molecule has 1 aliphatic heterocycles. The van der Waals surface area contributed by atoms with Crippen LogP contribution >= 0.6 is 11.6 Å². The number of fused-ring (bicyclic) bond motifs is 1. The van der Waals surface area contributed by atoms with Crippen LogP contribution in [0.5, 0.6) is 6.01 Å². The first-order valence-corrected chi connectivity index (χ1v) is 6.28. The number of ether oxygens (including phenoxy) is 2. The molecule has 2 aliphatic rings. The Bertz CT molecular complexity index is 459. The summed E-state index contributed by atoms with van der Waals surface area (Å²) in [5.41, 5.74) is 6.12. The van der Waals surface area contributed by atoms with Crippen LogP contribution in [0.2, 0.25) is 5.02 Å². The highest BCUT2D eigenvalue weighted by Gasteiger charge is 2.52. The van der Waals surface area contributed by atoms with Crippen LogP contribution < -0.4 is 15.8 Å². The summed E-state index contributed by atoms with van der Waals surface area (Å²) in [5.74, 6) is 0.989. The third-order valence-corrected chi connectivity index (χ3v) is 3.93. The lowest BCUT2D eigenvalue weighted by atomic mass is 9.72. The normalized spacial score (nSPS) is 33.7. The van der Waals surface area contributed by atoms with E-state index in [2.05, 4.69) is 15.3 Å². The van der Waals surface area contributed by atoms with Crippen LogP contribution in [-0.2, 0) is 4.74 Å². The number of hydrogen-bond acceptors (Lipinski definition) is 6. The molecule has 2 heterocycles. The molecule has 1 saturated carbocycles. The van der Waals surface area contributed by atoms with Gasteiger partial charge in [0, 0.05) is 18.6 Å². The quantitative estimate of drug-likeness (QED) is 0.840. The minimum atomic E-state index is 0.0506. The van der Waals surface area contributed by atoms with Crippen molar-refractivity contribution in [2.24, 2.45) is 11.7 Å². The average molecular weight is 271 g/mol. The van der Waals surface area contributed by atoms with E-state index in [9.17, 15) is 0 Å². The van der Waals surface area contributed by atoms with Gasteiger partial charge in [0.25, 0.3) is 0 Å². The van der Waals surface area contributed by atoms with Gasteiger partial charge in [-0.05, 0) is 6.42 Å². The van der Waals surface area contributed by atoms with Gasteiger partial charge in [0.1, 0.15) is 5.02 Å². The molecule has 1 aromatic rings. The molecule has 2 fully saturated rings. The molecule has 3 rings (SSSR count). The lowest BCUT2D eigenvalue weighted by Gasteiger charge is -2.45. The van der Waals surface area contributed by atoms with Crippen molar-refractivity contribution >= 4 is 17.4 Å². The molecule has 4 unspecified atom stereocenters. The molecule has 1 saturated heterocycles. The van der Waals surface area contributed by atoms with Crippen LogP contribution in [0, 0.1) is 5.92 Å². The van der Waals surface area contributed by atoms with E-state index in [4.69, 9.17) is 26.8 Å². The van der Waals surface area contributed by atoms with Crippen molar-refractivity contribution in [2.75, 3.05) is 19.0 Å². The van der Waals surface area contributed by atoms with E-state index in [0.717, 1.165) is 13.0 Å². The summed E-state index contributed by atoms with van der Waals surface area (Å²) in [4.78, 5) is 8.10. The van der Waals surface area contributed by atoms with Gasteiger partial charge in [-0.15, -0.1) is 0 Å². The number of halogens is 1. The van der Waals surface area contributed by atoms with Crippen molar-refractivity contribution in [3.63, 3.8) is 0 Å². The first-order chi connectivity index (χ1) is 8.70. The van der Waals surface area contributed by atoms with E-state index < -0.39 is 0 Å². The first-order valence-electron chi connectivity index (χ1n) is 5.91. The third kappa shape index (κ3) is 1.81. The van der Waals surface area contributed by atoms with Crippen LogP contribution in [0.3, 0.4) is 0 Å². The largest absolute Gasteiger partial charge is 0.467 e. The molecule has 98 valence electrons. The van der Waals surface area contributed by atoms with Gasteiger partial charge in [0.05, 0.1) is 25.5 Å². The fourth-order valence-electron chi connectivity index (χ4n) is 2.64. The summed E-state index contributed by atoms with van der Waals surface area (Å²) >= 11 is 6.04. The summed E-state index contributed by atoms with van der Waals surface area (Å²) < 4.78 is 10.6. The summed E-state index contributed by atoms with van der Waals surface area (Å²) in [7, 11) is 1.51. The zero-order valence-corrected chi connectivity index (χ0v) is 10.7. The lowest BCUT2D eigenvalue weighted by Crippen LogP contribution is -2.65. The van der Waals surface area contributed by atoms with E-state index in [-0.39, 0.29) is 24.2 Å². The third-order valence-electron chi connectivity index (χ3n) is 3.65. The molecule has 6 nitrogen and oxygen atoms in total. The van der Waals surface area contributed by atoms with Crippen molar-refractivity contribution in [1.29, 1.82) is 0 Å². The first kappa shape index (κ1) is 12.0. The Morgan fingerprint density at radius 1 is 1.61 bits per heavy atom. The second-order valence-corrected chi connectivity index (χ2v) is 5.00. The van der Waals surface area contributed by atoms with Gasteiger partial charge in [-0.25, -0.2) is 4.98 Å². The Hall–Kier alpha value is -1.11. The highest BCUT2D eigenvalue weighted by Crippen LogP contribution is 2.39. The van der Waals surface area contributed by atoms with Gasteiger partial charge in [-0.2, -0.15) is 4.98 Å². The minimum Gasteiger partial charge on any atom is -0.467 e. The minimum absolute atomic E-state index is 0.0506. The highest BCUT2D eigenvalue weighted by atomic mass is 35.5. The molecular formula is C11H15ClN4O2. The van der Waals surface area contributed by atoms with Gasteiger partial charge < -0.3 is 20.5 Å². The van der Waals surface area contributed by atoms with Crippen LogP contribution in [-0.4, -0.2) is 41.9 Å². The van der Waals surface area contributed by atoms with Crippen molar-refractivity contribution in [3.8, 4) is 6.01 Å². The second-order valence-electron chi connectivity index (χ2n) is 4.59. The number of anilines is 1. The van der Waals surface area contributed by atoms with Crippen molar-refractivity contribution in [3.05, 3.63) is 11.2 Å². The molecule has 18 heavy (non-hydrogen) atoms. The highest BCUT2D eigenvalue weighted by molar-refractivity contribution is 6.32. The molecular weight excluding hydrogens is 256 g/mol. The number of rotatable bonds is 3. The van der Waals surface area contributed by atoms with Crippen molar-refractivity contribution in [1.82, 2.24) is 9.97 Å². The molecule has 1 aromatic heterocycles. The number of nitrogens with two attached hydrogens (primary N) is 1. The molecule has 0 aromatic carbocycles. The molecule has 4 atom stereocenters. The fraction of sp³-hybridized carbons (Fsp3) is 0.636. The lowest BCUT2D eigenvalue weighted by molar-refractivity contribution is 0.00522. The Kier molecular flexibility index (Phi) is 3.01. The molecule has 0 amide bonds. The average Bonchev–Trinajstić information content (AvgIpc) is 2.82. The SMILES string of the molecule is COc1ncc(Cl)c(NC2C(N)C3CCOC32)n1. The van der Waals surface area contributed by atoms with Gasteiger partial charge in [0.2, 0.25) is 0 Å². The number of hydrogen-bond donors (Lipinski definition) is 2. The Balaban J connectivity index is 1.76. The zero-order chi connectivity index (χ0) is 12.7. The number of nitrogens with zero attached hydrogens (tertiary/aromatic N) is 2. The number of methoxy groups -OCH3 is 1. The smallest absolute Gasteiger partial charge is 0.318 e. The zero-order valence-electron chi connectivity index (χ0n) is 9.97. The molecule has 3 N–H and O–H groups in total. The van der Waals surface area contributed by atoms with E-state index in [1.165, 1.54) is 13.3 Å². The van der Waals surface area contributed by atoms with Crippen LogP contribution in [0.4, 0.5) is 5.82 Å². The fourth-order valence-corrected chi connectivity index (χ4v) is 2.78. The molecule has 7 heteroatoms. The monoisotopic (exact) mass is 270 g/mol. The standard InChI is InChI=1S/C11H15ClN4O2/c1-17-11-14-4-6(12)10(16-11)15-8-7(13)5-2-3-18-9(5)8/h4-5,7-9H,2-3,13H2,1H3,(H,14,15,16). The predicted octanol–water partition coefficient (Wildman–Crippen LogP) is 0.665. The number of aromatic nitrogens is 2. The Morgan fingerprint density at radius 3 is 3.22 bits per heavy atom. The van der Waals surface area contributed by atoms with Crippen LogP contribution in [0.1, 0.15) is 6.42 Å². The van der Waals surface area contributed by atoms with E-state index in [1.54, 1.807) is 0 Å². The number of nitrogens with one attached hydrogen (secondary N) is 1. The van der Waals surface area contributed by atoms with E-state index in [0.29, 0.717) is 16.8 Å². The topological polar surface area (TPSA) is 82.3 Å². The summed E-state index contributed by atoms with van der Waals surface area (Å²) in [6.07, 6.45) is 2.70. The van der Waals surface area contributed by atoms with Crippen molar-refractivity contribution in [2.45, 2.75) is 24.6 Å². The summed E-state index contributed by atoms with van der Waals surface area (Å²) in [6, 6.07) is 0.405. The maximum Gasteiger partial charge on any atom is 0.318 e. The van der Waals surface area contributed by atoms with Crippen LogP contribution in [0.15, 0.2) is 6.20 Å². The molecule has 0 radical (unpaired) electrons. The van der Waals surface area contributed by atoms with Gasteiger partial charge in [-0.1, -0.05) is 11.6 Å². The predicted molar refractivity (Wildman–Crippen MR) is 66.8 cm³/mol.